The van der Waals surface area contributed by atoms with Crippen molar-refractivity contribution in [3.05, 3.63) is 28.1 Å². The second-order valence-electron chi connectivity index (χ2n) is 5.87. The van der Waals surface area contributed by atoms with E-state index in [2.05, 4.69) is 15.6 Å². The van der Waals surface area contributed by atoms with Crippen molar-refractivity contribution in [3.63, 3.8) is 0 Å². The summed E-state index contributed by atoms with van der Waals surface area (Å²) in [5, 5.41) is 10.4. The summed E-state index contributed by atoms with van der Waals surface area (Å²) < 4.78 is 7.56. The van der Waals surface area contributed by atoms with Gasteiger partial charge in [-0.2, -0.15) is 5.10 Å². The highest BCUT2D eigenvalue weighted by Crippen LogP contribution is 2.10. The smallest absolute Gasteiger partial charge is 0.346 e. The van der Waals surface area contributed by atoms with E-state index in [9.17, 15) is 9.59 Å². The largest absolute Gasteiger partial charge is 0.360 e. The maximum atomic E-state index is 12.3. The number of nitrogens with one attached hydrogen (secondary N) is 1. The van der Waals surface area contributed by atoms with Gasteiger partial charge < -0.3 is 9.84 Å². The van der Waals surface area contributed by atoms with Gasteiger partial charge in [0.05, 0.1) is 5.54 Å². The minimum absolute atomic E-state index is 0.118. The minimum atomic E-state index is -0.438. The number of rotatable bonds is 3. The minimum Gasteiger partial charge on any atom is -0.360 e. The first kappa shape index (κ1) is 15.0. The first-order valence-electron chi connectivity index (χ1n) is 6.58. The second-order valence-corrected chi connectivity index (χ2v) is 5.87. The molecule has 8 heteroatoms. The number of amides is 1. The van der Waals surface area contributed by atoms with Gasteiger partial charge in [-0.25, -0.2) is 9.48 Å². The van der Waals surface area contributed by atoms with E-state index in [0.717, 1.165) is 0 Å². The normalized spacial score (nSPS) is 11.7. The predicted octanol–water partition coefficient (Wildman–Crippen LogP) is 1.04. The van der Waals surface area contributed by atoms with Crippen LogP contribution in [-0.2, 0) is 16.9 Å². The van der Waals surface area contributed by atoms with Crippen LogP contribution in [0.2, 0.25) is 0 Å². The van der Waals surface area contributed by atoms with Gasteiger partial charge in [0.1, 0.15) is 18.1 Å². The molecule has 21 heavy (non-hydrogen) atoms. The van der Waals surface area contributed by atoms with Crippen molar-refractivity contribution in [2.45, 2.75) is 46.7 Å². The van der Waals surface area contributed by atoms with E-state index >= 15 is 0 Å². The molecular weight excluding hydrogens is 274 g/mol. The molecule has 0 aliphatic rings. The summed E-state index contributed by atoms with van der Waals surface area (Å²) in [6.45, 7) is 8.94. The fraction of sp³-hybridized carbons (Fsp3) is 0.538. The van der Waals surface area contributed by atoms with Crippen LogP contribution in [0.4, 0.5) is 5.82 Å². The van der Waals surface area contributed by atoms with Crippen molar-refractivity contribution < 1.29 is 9.32 Å². The van der Waals surface area contributed by atoms with Crippen molar-refractivity contribution in [3.8, 4) is 0 Å². The fourth-order valence-corrected chi connectivity index (χ4v) is 1.86. The molecule has 1 N–H and O–H groups in total. The lowest BCUT2D eigenvalue weighted by Crippen LogP contribution is -2.37. The third kappa shape index (κ3) is 3.21. The Hall–Kier alpha value is -2.38. The lowest BCUT2D eigenvalue weighted by atomic mass is 10.1. The number of nitrogens with zero attached hydrogens (tertiary/aromatic N) is 4. The molecule has 0 aliphatic heterocycles. The number of hydrogen-bond donors (Lipinski definition) is 1. The highest BCUT2D eigenvalue weighted by molar-refractivity contribution is 5.89. The van der Waals surface area contributed by atoms with E-state index < -0.39 is 5.54 Å². The van der Waals surface area contributed by atoms with Crippen molar-refractivity contribution in [2.75, 3.05) is 5.32 Å². The van der Waals surface area contributed by atoms with Gasteiger partial charge in [0.25, 0.3) is 0 Å². The highest BCUT2D eigenvalue weighted by Gasteiger charge is 2.22. The Balaban J connectivity index is 2.18. The standard InChI is InChI=1S/C13H19N5O3/c1-8-6-10(16-21-8)14-11(19)7-17-9(2)15-18(12(17)20)13(3,4)5/h6H,7H2,1-5H3,(H,14,16,19). The summed E-state index contributed by atoms with van der Waals surface area (Å²) in [4.78, 5) is 24.2. The topological polar surface area (TPSA) is 95.0 Å². The third-order valence-electron chi connectivity index (χ3n) is 2.88. The monoisotopic (exact) mass is 293 g/mol. The van der Waals surface area contributed by atoms with E-state index in [1.54, 1.807) is 19.9 Å². The molecule has 0 unspecified atom stereocenters. The second kappa shape index (κ2) is 5.19. The summed E-state index contributed by atoms with van der Waals surface area (Å²) in [5.41, 5.74) is -0.751. The SMILES string of the molecule is Cc1cc(NC(=O)Cn2c(C)nn(C(C)(C)C)c2=O)no1. The molecule has 0 bridgehead atoms. The Morgan fingerprint density at radius 3 is 2.52 bits per heavy atom. The Bertz CT molecular complexity index is 717. The first-order valence-corrected chi connectivity index (χ1v) is 6.58. The molecule has 0 aromatic carbocycles. The molecule has 8 nitrogen and oxygen atoms in total. The van der Waals surface area contributed by atoms with E-state index in [0.29, 0.717) is 17.4 Å². The van der Waals surface area contributed by atoms with Crippen LogP contribution in [0.25, 0.3) is 0 Å². The number of aromatic nitrogens is 4. The predicted molar refractivity (Wildman–Crippen MR) is 76.1 cm³/mol. The molecule has 0 aliphatic carbocycles. The van der Waals surface area contributed by atoms with Crippen LogP contribution in [0.3, 0.4) is 0 Å². The number of hydrogen-bond acceptors (Lipinski definition) is 5. The summed E-state index contributed by atoms with van der Waals surface area (Å²) in [7, 11) is 0. The van der Waals surface area contributed by atoms with Crippen LogP contribution in [0, 0.1) is 13.8 Å². The highest BCUT2D eigenvalue weighted by atomic mass is 16.5. The molecule has 0 fully saturated rings. The van der Waals surface area contributed by atoms with Gasteiger partial charge in [-0.05, 0) is 34.6 Å². The van der Waals surface area contributed by atoms with Crippen LogP contribution in [0.1, 0.15) is 32.4 Å². The van der Waals surface area contributed by atoms with Crippen molar-refractivity contribution in [1.29, 1.82) is 0 Å². The maximum absolute atomic E-state index is 12.3. The van der Waals surface area contributed by atoms with E-state index in [1.165, 1.54) is 9.25 Å². The fourth-order valence-electron chi connectivity index (χ4n) is 1.86. The Kier molecular flexibility index (Phi) is 3.71. The lowest BCUT2D eigenvalue weighted by Gasteiger charge is -2.16. The molecule has 114 valence electrons. The van der Waals surface area contributed by atoms with Gasteiger partial charge in [-0.3, -0.25) is 9.36 Å². The zero-order chi connectivity index (χ0) is 15.8. The van der Waals surface area contributed by atoms with Gasteiger partial charge in [-0.1, -0.05) is 5.16 Å². The average molecular weight is 293 g/mol. The van der Waals surface area contributed by atoms with Crippen LogP contribution in [-0.4, -0.2) is 25.4 Å². The molecular formula is C13H19N5O3. The quantitative estimate of drug-likeness (QED) is 0.912. The van der Waals surface area contributed by atoms with E-state index in [4.69, 9.17) is 4.52 Å². The Labute approximate surface area is 121 Å². The van der Waals surface area contributed by atoms with Gasteiger partial charge in [0.2, 0.25) is 5.91 Å². The molecule has 2 aromatic rings. The van der Waals surface area contributed by atoms with Crippen LogP contribution < -0.4 is 11.0 Å². The molecule has 2 aromatic heterocycles. The molecule has 2 heterocycles. The zero-order valence-corrected chi connectivity index (χ0v) is 12.8. The Morgan fingerprint density at radius 1 is 1.38 bits per heavy atom. The third-order valence-corrected chi connectivity index (χ3v) is 2.88. The van der Waals surface area contributed by atoms with Gasteiger partial charge in [0.15, 0.2) is 5.82 Å². The Morgan fingerprint density at radius 2 is 2.05 bits per heavy atom. The van der Waals surface area contributed by atoms with Crippen molar-refractivity contribution in [2.24, 2.45) is 0 Å². The molecule has 0 atom stereocenters. The maximum Gasteiger partial charge on any atom is 0.346 e. The number of anilines is 1. The first-order chi connectivity index (χ1) is 9.68. The zero-order valence-electron chi connectivity index (χ0n) is 12.8. The van der Waals surface area contributed by atoms with Crippen molar-refractivity contribution in [1.82, 2.24) is 19.5 Å². The molecule has 1 amide bonds. The average Bonchev–Trinajstić information content (AvgIpc) is 2.86. The van der Waals surface area contributed by atoms with Crippen LogP contribution >= 0.6 is 0 Å². The van der Waals surface area contributed by atoms with Crippen LogP contribution in [0.5, 0.6) is 0 Å². The summed E-state index contributed by atoms with van der Waals surface area (Å²) >= 11 is 0. The van der Waals surface area contributed by atoms with E-state index in [1.807, 2.05) is 20.8 Å². The molecule has 2 rings (SSSR count). The van der Waals surface area contributed by atoms with Gasteiger partial charge in [0, 0.05) is 6.07 Å². The number of aryl methyl sites for hydroxylation is 2. The van der Waals surface area contributed by atoms with Gasteiger partial charge in [-0.15, -0.1) is 0 Å². The van der Waals surface area contributed by atoms with Crippen molar-refractivity contribution >= 4 is 11.7 Å². The molecule has 0 radical (unpaired) electrons. The number of carbonyl (C=O) groups excluding carboxylic acids is 1. The van der Waals surface area contributed by atoms with E-state index in [-0.39, 0.29) is 18.1 Å². The molecule has 0 saturated heterocycles. The summed E-state index contributed by atoms with van der Waals surface area (Å²) in [6, 6.07) is 1.60. The van der Waals surface area contributed by atoms with Crippen LogP contribution in [0.15, 0.2) is 15.4 Å². The summed E-state index contributed by atoms with van der Waals surface area (Å²) in [5.74, 6) is 1.05. The number of carbonyl (C=O) groups is 1. The molecule has 0 spiro atoms. The molecule has 0 saturated carbocycles. The lowest BCUT2D eigenvalue weighted by molar-refractivity contribution is -0.116. The summed E-state index contributed by atoms with van der Waals surface area (Å²) in [6.07, 6.45) is 0. The van der Waals surface area contributed by atoms with Gasteiger partial charge >= 0.3 is 5.69 Å².